The molecule has 0 unspecified atom stereocenters. The maximum atomic E-state index is 14.4. The van der Waals surface area contributed by atoms with Gasteiger partial charge in [0.25, 0.3) is 5.91 Å². The van der Waals surface area contributed by atoms with Gasteiger partial charge < -0.3 is 19.5 Å². The summed E-state index contributed by atoms with van der Waals surface area (Å²) in [7, 11) is 0. The van der Waals surface area contributed by atoms with Crippen LogP contribution in [0.4, 0.5) is 10.1 Å². The van der Waals surface area contributed by atoms with E-state index in [1.165, 1.54) is 13.0 Å². The van der Waals surface area contributed by atoms with E-state index < -0.39 is 11.8 Å². The van der Waals surface area contributed by atoms with Crippen LogP contribution >= 0.6 is 0 Å². The fourth-order valence-corrected chi connectivity index (χ4v) is 3.90. The summed E-state index contributed by atoms with van der Waals surface area (Å²) in [5, 5.41) is 0.954. The van der Waals surface area contributed by atoms with Crippen molar-refractivity contribution >= 4 is 34.3 Å². The van der Waals surface area contributed by atoms with Crippen LogP contribution in [-0.2, 0) is 20.7 Å². The summed E-state index contributed by atoms with van der Waals surface area (Å²) in [6.45, 7) is 2.77. The lowest BCUT2D eigenvalue weighted by molar-refractivity contribution is -0.151. The molecule has 2 aromatic carbocycles. The number of hydrogen-bond donors (Lipinski definition) is 1. The maximum absolute atomic E-state index is 14.4. The molecule has 1 saturated heterocycles. The van der Waals surface area contributed by atoms with E-state index in [1.54, 1.807) is 23.2 Å². The third kappa shape index (κ3) is 4.64. The zero-order valence-electron chi connectivity index (χ0n) is 17.8. The number of para-hydroxylation sites is 1. The fraction of sp³-hybridized carbons (Fsp3) is 0.292. The Balaban J connectivity index is 1.26. The lowest BCUT2D eigenvalue weighted by atomic mass is 10.1. The van der Waals surface area contributed by atoms with Gasteiger partial charge in [0.1, 0.15) is 5.82 Å². The number of carbonyl (C=O) groups is 3. The number of halogens is 1. The van der Waals surface area contributed by atoms with Crippen LogP contribution < -0.4 is 4.90 Å². The molecule has 7 nitrogen and oxygen atoms in total. The lowest BCUT2D eigenvalue weighted by Crippen LogP contribution is -2.50. The second-order valence-electron chi connectivity index (χ2n) is 7.79. The second-order valence-corrected chi connectivity index (χ2v) is 7.79. The predicted molar refractivity (Wildman–Crippen MR) is 118 cm³/mol. The molecule has 1 amide bonds. The normalized spacial score (nSPS) is 13.9. The number of carbonyl (C=O) groups excluding carboxylic acids is 3. The fourth-order valence-electron chi connectivity index (χ4n) is 3.90. The molecule has 4 rings (SSSR count). The number of ether oxygens (including phenoxy) is 1. The number of benzene rings is 2. The molecule has 1 aliphatic rings. The number of esters is 1. The minimum atomic E-state index is -0.464. The number of amides is 1. The Bertz CT molecular complexity index is 1170. The SMILES string of the molecule is CC(=O)c1ccc(N2CCN(C(=O)COC(=O)Cc3c[nH]c4ccccc34)CC2)c(F)c1. The van der Waals surface area contributed by atoms with Crippen molar-refractivity contribution in [3.63, 3.8) is 0 Å². The van der Waals surface area contributed by atoms with Gasteiger partial charge in [0.05, 0.1) is 12.1 Å². The molecule has 1 aromatic heterocycles. The van der Waals surface area contributed by atoms with Crippen LogP contribution in [0.2, 0.25) is 0 Å². The van der Waals surface area contributed by atoms with Crippen LogP contribution in [-0.4, -0.2) is 60.3 Å². The Labute approximate surface area is 184 Å². The van der Waals surface area contributed by atoms with E-state index in [0.717, 1.165) is 16.5 Å². The Kier molecular flexibility index (Phi) is 6.20. The van der Waals surface area contributed by atoms with Gasteiger partial charge >= 0.3 is 5.97 Å². The monoisotopic (exact) mass is 437 g/mol. The smallest absolute Gasteiger partial charge is 0.310 e. The molecule has 2 heterocycles. The third-order valence-corrected chi connectivity index (χ3v) is 5.69. The number of ketones is 1. The second kappa shape index (κ2) is 9.21. The zero-order valence-corrected chi connectivity index (χ0v) is 17.8. The molecule has 166 valence electrons. The van der Waals surface area contributed by atoms with E-state index in [4.69, 9.17) is 4.74 Å². The van der Waals surface area contributed by atoms with Crippen LogP contribution in [0.5, 0.6) is 0 Å². The summed E-state index contributed by atoms with van der Waals surface area (Å²) in [4.78, 5) is 42.6. The first-order valence-corrected chi connectivity index (χ1v) is 10.5. The number of anilines is 1. The molecule has 1 N–H and O–H groups in total. The van der Waals surface area contributed by atoms with Crippen molar-refractivity contribution in [2.75, 3.05) is 37.7 Å². The van der Waals surface area contributed by atoms with Gasteiger partial charge in [0.2, 0.25) is 0 Å². The third-order valence-electron chi connectivity index (χ3n) is 5.69. The van der Waals surface area contributed by atoms with Crippen molar-refractivity contribution in [2.45, 2.75) is 13.3 Å². The molecule has 0 spiro atoms. The van der Waals surface area contributed by atoms with E-state index in [-0.39, 0.29) is 24.7 Å². The number of aromatic amines is 1. The number of piperazine rings is 1. The van der Waals surface area contributed by atoms with E-state index in [9.17, 15) is 18.8 Å². The number of Topliss-reactive ketones (excluding diaryl/α,β-unsaturated/α-hetero) is 1. The van der Waals surface area contributed by atoms with E-state index in [2.05, 4.69) is 4.98 Å². The molecule has 3 aromatic rings. The van der Waals surface area contributed by atoms with Crippen molar-refractivity contribution < 1.29 is 23.5 Å². The maximum Gasteiger partial charge on any atom is 0.310 e. The van der Waals surface area contributed by atoms with Crippen LogP contribution in [0, 0.1) is 5.82 Å². The minimum Gasteiger partial charge on any atom is -0.455 e. The van der Waals surface area contributed by atoms with Crippen LogP contribution in [0.1, 0.15) is 22.8 Å². The molecule has 0 atom stereocenters. The van der Waals surface area contributed by atoms with Gasteiger partial charge in [-0.15, -0.1) is 0 Å². The van der Waals surface area contributed by atoms with Crippen LogP contribution in [0.15, 0.2) is 48.7 Å². The highest BCUT2D eigenvalue weighted by atomic mass is 19.1. The van der Waals surface area contributed by atoms with Crippen molar-refractivity contribution in [1.82, 2.24) is 9.88 Å². The average molecular weight is 437 g/mol. The molecule has 0 aliphatic carbocycles. The number of aromatic nitrogens is 1. The Hall–Kier alpha value is -3.68. The van der Waals surface area contributed by atoms with Gasteiger partial charge in [-0.25, -0.2) is 4.39 Å². The first-order valence-electron chi connectivity index (χ1n) is 10.5. The molecule has 1 aliphatic heterocycles. The number of hydrogen-bond acceptors (Lipinski definition) is 5. The Morgan fingerprint density at radius 2 is 1.81 bits per heavy atom. The van der Waals surface area contributed by atoms with E-state index in [1.807, 2.05) is 29.2 Å². The van der Waals surface area contributed by atoms with Crippen LogP contribution in [0.3, 0.4) is 0 Å². The standard InChI is InChI=1S/C24H24FN3O4/c1-16(29)17-6-7-22(20(25)12-17)27-8-10-28(11-9-27)23(30)15-32-24(31)13-18-14-26-21-5-3-2-4-19(18)21/h2-7,12,14,26H,8-11,13,15H2,1H3. The molecule has 8 heteroatoms. The topological polar surface area (TPSA) is 82.7 Å². The number of H-pyrrole nitrogens is 1. The highest BCUT2D eigenvalue weighted by Gasteiger charge is 2.24. The molecular weight excluding hydrogens is 413 g/mol. The number of rotatable bonds is 6. The number of nitrogens with one attached hydrogen (secondary N) is 1. The van der Waals surface area contributed by atoms with Crippen molar-refractivity contribution in [3.05, 3.63) is 65.6 Å². The summed E-state index contributed by atoms with van der Waals surface area (Å²) in [6, 6.07) is 12.1. The summed E-state index contributed by atoms with van der Waals surface area (Å²) in [5.74, 6) is -1.38. The van der Waals surface area contributed by atoms with Gasteiger partial charge in [-0.1, -0.05) is 18.2 Å². The summed E-state index contributed by atoms with van der Waals surface area (Å²) in [5.41, 5.74) is 2.50. The van der Waals surface area contributed by atoms with Crippen molar-refractivity contribution in [3.8, 4) is 0 Å². The highest BCUT2D eigenvalue weighted by molar-refractivity contribution is 5.94. The first kappa shape index (κ1) is 21.5. The van der Waals surface area contributed by atoms with Gasteiger partial charge in [-0.05, 0) is 36.8 Å². The average Bonchev–Trinajstić information content (AvgIpc) is 3.20. The van der Waals surface area contributed by atoms with Gasteiger partial charge in [-0.3, -0.25) is 14.4 Å². The molecule has 32 heavy (non-hydrogen) atoms. The molecule has 0 bridgehead atoms. The summed E-state index contributed by atoms with van der Waals surface area (Å²) in [6.07, 6.45) is 1.86. The minimum absolute atomic E-state index is 0.0839. The van der Waals surface area contributed by atoms with Crippen molar-refractivity contribution in [1.29, 1.82) is 0 Å². The highest BCUT2D eigenvalue weighted by Crippen LogP contribution is 2.22. The largest absolute Gasteiger partial charge is 0.455 e. The lowest BCUT2D eigenvalue weighted by Gasteiger charge is -2.36. The van der Waals surface area contributed by atoms with Crippen LogP contribution in [0.25, 0.3) is 10.9 Å². The molecule has 1 fully saturated rings. The Morgan fingerprint density at radius 1 is 1.06 bits per heavy atom. The van der Waals surface area contributed by atoms with Gasteiger partial charge in [0, 0.05) is 48.8 Å². The first-order chi connectivity index (χ1) is 15.4. The van der Waals surface area contributed by atoms with Gasteiger partial charge in [0.15, 0.2) is 12.4 Å². The molecule has 0 saturated carbocycles. The van der Waals surface area contributed by atoms with E-state index in [0.29, 0.717) is 37.4 Å². The van der Waals surface area contributed by atoms with Gasteiger partial charge in [-0.2, -0.15) is 0 Å². The zero-order chi connectivity index (χ0) is 22.7. The summed E-state index contributed by atoms with van der Waals surface area (Å²) >= 11 is 0. The molecular formula is C24H24FN3O4. The summed E-state index contributed by atoms with van der Waals surface area (Å²) < 4.78 is 19.6. The molecule has 0 radical (unpaired) electrons. The number of nitrogens with zero attached hydrogens (tertiary/aromatic N) is 2. The quantitative estimate of drug-likeness (QED) is 0.474. The number of fused-ring (bicyclic) bond motifs is 1. The van der Waals surface area contributed by atoms with E-state index >= 15 is 0 Å². The van der Waals surface area contributed by atoms with Crippen molar-refractivity contribution in [2.24, 2.45) is 0 Å². The predicted octanol–water partition coefficient (Wildman–Crippen LogP) is 2.94. The Morgan fingerprint density at radius 3 is 2.53 bits per heavy atom.